The number of hydrogen-bond acceptors (Lipinski definition) is 5. The lowest BCUT2D eigenvalue weighted by Gasteiger charge is -2.32. The molecule has 1 atom stereocenters. The van der Waals surface area contributed by atoms with Gasteiger partial charge in [0.1, 0.15) is 6.33 Å². The Labute approximate surface area is 159 Å². The number of imidazole rings is 1. The maximum absolute atomic E-state index is 12.6. The topological polar surface area (TPSA) is 90.0 Å². The van der Waals surface area contributed by atoms with E-state index in [9.17, 15) is 4.79 Å². The normalized spacial score (nSPS) is 13.1. The molecule has 8 heteroatoms. The first kappa shape index (κ1) is 19.0. The summed E-state index contributed by atoms with van der Waals surface area (Å²) in [5.41, 5.74) is 2.86. The van der Waals surface area contributed by atoms with E-state index >= 15 is 0 Å². The van der Waals surface area contributed by atoms with Crippen LogP contribution < -0.4 is 5.32 Å². The molecule has 3 aromatic heterocycles. The summed E-state index contributed by atoms with van der Waals surface area (Å²) in [6.07, 6.45) is 7.96. The Morgan fingerprint density at radius 1 is 1.30 bits per heavy atom. The van der Waals surface area contributed by atoms with Gasteiger partial charge in [-0.05, 0) is 31.2 Å². The molecular weight excluding hydrogens is 342 g/mol. The zero-order valence-corrected chi connectivity index (χ0v) is 16.6. The summed E-state index contributed by atoms with van der Waals surface area (Å²) < 4.78 is 3.71. The highest BCUT2D eigenvalue weighted by molar-refractivity contribution is 5.76. The number of fused-ring (bicyclic) bond motifs is 1. The van der Waals surface area contributed by atoms with Crippen molar-refractivity contribution < 1.29 is 4.79 Å². The van der Waals surface area contributed by atoms with Crippen LogP contribution in [0.5, 0.6) is 0 Å². The molecule has 8 nitrogen and oxygen atoms in total. The number of amides is 1. The van der Waals surface area contributed by atoms with E-state index in [1.54, 1.807) is 17.0 Å². The Bertz CT molecular complexity index is 922. The summed E-state index contributed by atoms with van der Waals surface area (Å²) in [6, 6.07) is 0.0114. The first-order valence-electron chi connectivity index (χ1n) is 9.16. The Morgan fingerprint density at radius 2 is 2.07 bits per heavy atom. The highest BCUT2D eigenvalue weighted by Gasteiger charge is 2.26. The van der Waals surface area contributed by atoms with Crippen molar-refractivity contribution in [3.63, 3.8) is 0 Å². The molecule has 0 aromatic carbocycles. The van der Waals surface area contributed by atoms with Gasteiger partial charge >= 0.3 is 0 Å². The quantitative estimate of drug-likeness (QED) is 0.719. The number of aromatic nitrogens is 6. The molecule has 0 fully saturated rings. The van der Waals surface area contributed by atoms with Gasteiger partial charge in [0.05, 0.1) is 12.4 Å². The van der Waals surface area contributed by atoms with E-state index in [0.29, 0.717) is 25.2 Å². The lowest BCUT2D eigenvalue weighted by molar-refractivity contribution is -0.122. The fraction of sp³-hybridized carbons (Fsp3) is 0.526. The van der Waals surface area contributed by atoms with Crippen LogP contribution in [0.4, 0.5) is 0 Å². The number of nitrogens with zero attached hydrogens (tertiary/aromatic N) is 6. The van der Waals surface area contributed by atoms with Crippen molar-refractivity contribution in [2.24, 2.45) is 5.41 Å². The third kappa shape index (κ3) is 4.32. The fourth-order valence-corrected chi connectivity index (χ4v) is 3.16. The Morgan fingerprint density at radius 3 is 2.74 bits per heavy atom. The van der Waals surface area contributed by atoms with Crippen LogP contribution in [0, 0.1) is 19.3 Å². The predicted octanol–water partition coefficient (Wildman–Crippen LogP) is 2.10. The lowest BCUT2D eigenvalue weighted by Crippen LogP contribution is -2.46. The molecule has 1 N–H and O–H groups in total. The molecule has 0 spiro atoms. The van der Waals surface area contributed by atoms with Crippen LogP contribution in [-0.4, -0.2) is 41.1 Å². The van der Waals surface area contributed by atoms with E-state index in [1.165, 1.54) is 6.33 Å². The summed E-state index contributed by atoms with van der Waals surface area (Å²) in [4.78, 5) is 25.3. The number of carbonyl (C=O) groups is 1. The first-order valence-corrected chi connectivity index (χ1v) is 9.16. The van der Waals surface area contributed by atoms with Crippen LogP contribution in [0.15, 0.2) is 25.0 Å². The largest absolute Gasteiger partial charge is 0.351 e. The summed E-state index contributed by atoms with van der Waals surface area (Å²) in [5.74, 6) is 0.624. The van der Waals surface area contributed by atoms with Gasteiger partial charge in [-0.25, -0.2) is 14.5 Å². The van der Waals surface area contributed by atoms with Crippen LogP contribution in [-0.2, 0) is 17.8 Å². The van der Waals surface area contributed by atoms with Gasteiger partial charge in [0.15, 0.2) is 0 Å². The van der Waals surface area contributed by atoms with E-state index in [-0.39, 0.29) is 17.4 Å². The van der Waals surface area contributed by atoms with Crippen molar-refractivity contribution >= 4 is 11.7 Å². The van der Waals surface area contributed by atoms with Gasteiger partial charge in [0, 0.05) is 36.7 Å². The Kier molecular flexibility index (Phi) is 5.25. The molecule has 1 amide bonds. The molecule has 144 valence electrons. The SMILES string of the molecule is Cc1nc2ncnn2c(C)c1CCC(=O)NC(Cn1ccnc1)C(C)(C)C. The molecule has 1 unspecified atom stereocenters. The molecule has 0 aliphatic rings. The van der Waals surface area contributed by atoms with Gasteiger partial charge < -0.3 is 9.88 Å². The zero-order chi connectivity index (χ0) is 19.6. The highest BCUT2D eigenvalue weighted by atomic mass is 16.1. The molecule has 0 radical (unpaired) electrons. The minimum absolute atomic E-state index is 0.0114. The number of hydrogen-bond donors (Lipinski definition) is 1. The molecule has 0 saturated carbocycles. The van der Waals surface area contributed by atoms with Crippen molar-refractivity contribution in [2.75, 3.05) is 0 Å². The number of nitrogens with one attached hydrogen (secondary N) is 1. The third-order valence-corrected chi connectivity index (χ3v) is 4.92. The van der Waals surface area contributed by atoms with E-state index in [1.807, 2.05) is 24.6 Å². The van der Waals surface area contributed by atoms with Crippen LogP contribution >= 0.6 is 0 Å². The number of aryl methyl sites for hydroxylation is 2. The van der Waals surface area contributed by atoms with Crippen LogP contribution in [0.2, 0.25) is 0 Å². The van der Waals surface area contributed by atoms with E-state index in [4.69, 9.17) is 0 Å². The molecule has 3 aromatic rings. The van der Waals surface area contributed by atoms with E-state index in [0.717, 1.165) is 17.0 Å². The van der Waals surface area contributed by atoms with Crippen molar-refractivity contribution in [3.8, 4) is 0 Å². The average molecular weight is 369 g/mol. The Hall–Kier alpha value is -2.77. The van der Waals surface area contributed by atoms with Crippen LogP contribution in [0.3, 0.4) is 0 Å². The van der Waals surface area contributed by atoms with Crippen molar-refractivity contribution in [1.29, 1.82) is 0 Å². The van der Waals surface area contributed by atoms with Crippen molar-refractivity contribution in [1.82, 2.24) is 34.4 Å². The molecule has 3 heterocycles. The average Bonchev–Trinajstić information content (AvgIpc) is 3.24. The smallest absolute Gasteiger partial charge is 0.252 e. The summed E-state index contributed by atoms with van der Waals surface area (Å²) >= 11 is 0. The van der Waals surface area contributed by atoms with Crippen LogP contribution in [0.25, 0.3) is 5.78 Å². The summed E-state index contributed by atoms with van der Waals surface area (Å²) in [5, 5.41) is 7.40. The van der Waals surface area contributed by atoms with Gasteiger partial charge in [-0.3, -0.25) is 4.79 Å². The van der Waals surface area contributed by atoms with Gasteiger partial charge in [0.2, 0.25) is 5.91 Å². The van der Waals surface area contributed by atoms with E-state index < -0.39 is 0 Å². The van der Waals surface area contributed by atoms with Gasteiger partial charge in [-0.1, -0.05) is 20.8 Å². The van der Waals surface area contributed by atoms with Gasteiger partial charge in [-0.15, -0.1) is 0 Å². The molecule has 0 aliphatic heterocycles. The van der Waals surface area contributed by atoms with E-state index in [2.05, 4.69) is 46.1 Å². The van der Waals surface area contributed by atoms with Gasteiger partial charge in [-0.2, -0.15) is 10.1 Å². The lowest BCUT2D eigenvalue weighted by atomic mass is 9.86. The standard InChI is InChI=1S/C19H27N7O/c1-13-15(14(2)26-18(23-13)21-11-22-26)6-7-17(27)24-16(19(3,4)5)10-25-9-8-20-12-25/h8-9,11-12,16H,6-7,10H2,1-5H3,(H,24,27). The van der Waals surface area contributed by atoms with Crippen molar-refractivity contribution in [3.05, 3.63) is 42.0 Å². The second kappa shape index (κ2) is 7.46. The zero-order valence-electron chi connectivity index (χ0n) is 16.6. The maximum Gasteiger partial charge on any atom is 0.252 e. The monoisotopic (exact) mass is 369 g/mol. The third-order valence-electron chi connectivity index (χ3n) is 4.92. The molecular formula is C19H27N7O. The maximum atomic E-state index is 12.6. The van der Waals surface area contributed by atoms with Crippen molar-refractivity contribution in [2.45, 2.75) is 60.0 Å². The summed E-state index contributed by atoms with van der Waals surface area (Å²) in [7, 11) is 0. The molecule has 0 bridgehead atoms. The minimum Gasteiger partial charge on any atom is -0.351 e. The highest BCUT2D eigenvalue weighted by Crippen LogP contribution is 2.21. The molecule has 3 rings (SSSR count). The van der Waals surface area contributed by atoms with Crippen LogP contribution in [0.1, 0.15) is 44.1 Å². The predicted molar refractivity (Wildman–Crippen MR) is 102 cm³/mol. The molecule has 27 heavy (non-hydrogen) atoms. The molecule has 0 saturated heterocycles. The number of rotatable bonds is 6. The second-order valence-corrected chi connectivity index (χ2v) is 7.98. The Balaban J connectivity index is 1.68. The first-order chi connectivity index (χ1) is 12.8. The van der Waals surface area contributed by atoms with Gasteiger partial charge in [0.25, 0.3) is 5.78 Å². The fourth-order valence-electron chi connectivity index (χ4n) is 3.16. The molecule has 0 aliphatic carbocycles. The minimum atomic E-state index is -0.0625. The number of carbonyl (C=O) groups excluding carboxylic acids is 1. The second-order valence-electron chi connectivity index (χ2n) is 7.98. The summed E-state index contributed by atoms with van der Waals surface area (Å²) in [6.45, 7) is 11.0.